The van der Waals surface area contributed by atoms with Crippen molar-refractivity contribution in [2.24, 2.45) is 0 Å². The maximum atomic E-state index is 10.1. The first-order chi connectivity index (χ1) is 10.1. The van der Waals surface area contributed by atoms with E-state index in [0.717, 1.165) is 16.9 Å². The van der Waals surface area contributed by atoms with Gasteiger partial charge in [-0.2, -0.15) is 0 Å². The number of ether oxygens (including phenoxy) is 1. The third kappa shape index (κ3) is 4.33. The van der Waals surface area contributed by atoms with Crippen LogP contribution in [-0.2, 0) is 0 Å². The molecule has 2 rings (SSSR count). The fourth-order valence-corrected chi connectivity index (χ4v) is 2.25. The topological polar surface area (TPSA) is 29.5 Å². The molecule has 112 valence electrons. The van der Waals surface area contributed by atoms with Crippen LogP contribution in [-0.4, -0.2) is 11.7 Å². The lowest BCUT2D eigenvalue weighted by Gasteiger charge is -2.15. The first-order valence-corrected chi connectivity index (χ1v) is 7.54. The van der Waals surface area contributed by atoms with Gasteiger partial charge in [-0.25, -0.2) is 0 Å². The normalized spacial score (nSPS) is 12.4. The van der Waals surface area contributed by atoms with Crippen LogP contribution in [0.3, 0.4) is 0 Å². The molecule has 0 radical (unpaired) electrons. The average Bonchev–Trinajstić information content (AvgIpc) is 2.49. The van der Waals surface area contributed by atoms with Gasteiger partial charge in [0.2, 0.25) is 0 Å². The zero-order valence-electron chi connectivity index (χ0n) is 13.0. The summed E-state index contributed by atoms with van der Waals surface area (Å²) in [6.45, 7) is 6.91. The summed E-state index contributed by atoms with van der Waals surface area (Å²) in [4.78, 5) is 0. The molecule has 2 heteroatoms. The van der Waals surface area contributed by atoms with Gasteiger partial charge >= 0.3 is 0 Å². The van der Waals surface area contributed by atoms with Gasteiger partial charge in [0, 0.05) is 6.42 Å². The van der Waals surface area contributed by atoms with Crippen molar-refractivity contribution in [2.75, 3.05) is 6.61 Å². The summed E-state index contributed by atoms with van der Waals surface area (Å²) in [7, 11) is 0. The van der Waals surface area contributed by atoms with E-state index >= 15 is 0 Å². The predicted octanol–water partition coefficient (Wildman–Crippen LogP) is 4.62. The fraction of sp³-hybridized carbons (Fsp3) is 0.368. The Morgan fingerprint density at radius 2 is 1.71 bits per heavy atom. The molecule has 0 aliphatic carbocycles. The van der Waals surface area contributed by atoms with E-state index in [1.54, 1.807) is 0 Å². The van der Waals surface area contributed by atoms with Crippen molar-refractivity contribution in [1.82, 2.24) is 0 Å². The summed E-state index contributed by atoms with van der Waals surface area (Å²) in [6.07, 6.45) is 0.120. The number of aliphatic hydroxyl groups is 1. The zero-order chi connectivity index (χ0) is 15.2. The third-order valence-corrected chi connectivity index (χ3v) is 3.71. The van der Waals surface area contributed by atoms with E-state index in [1.807, 2.05) is 37.3 Å². The lowest BCUT2D eigenvalue weighted by molar-refractivity contribution is 0.140. The minimum Gasteiger partial charge on any atom is -0.493 e. The second-order valence-corrected chi connectivity index (χ2v) is 5.74. The molecule has 21 heavy (non-hydrogen) atoms. The Hall–Kier alpha value is -1.80. The van der Waals surface area contributed by atoms with Crippen LogP contribution < -0.4 is 4.74 Å². The molecule has 1 unspecified atom stereocenters. The molecule has 0 heterocycles. The van der Waals surface area contributed by atoms with Crippen LogP contribution in [0.2, 0.25) is 0 Å². The van der Waals surface area contributed by atoms with Gasteiger partial charge in [-0.15, -0.1) is 0 Å². The third-order valence-electron chi connectivity index (χ3n) is 3.71. The van der Waals surface area contributed by atoms with E-state index in [1.165, 1.54) is 5.56 Å². The molecule has 0 fully saturated rings. The Morgan fingerprint density at radius 3 is 2.38 bits per heavy atom. The smallest absolute Gasteiger partial charge is 0.122 e. The molecule has 0 spiro atoms. The quantitative estimate of drug-likeness (QED) is 0.838. The summed E-state index contributed by atoms with van der Waals surface area (Å²) >= 11 is 0. The molecule has 2 aromatic rings. The van der Waals surface area contributed by atoms with Gasteiger partial charge in [-0.3, -0.25) is 0 Å². The molecule has 0 saturated heterocycles. The van der Waals surface area contributed by atoms with Gasteiger partial charge in [-0.05, 0) is 35.6 Å². The Bertz CT molecular complexity index is 561. The fourth-order valence-electron chi connectivity index (χ4n) is 2.25. The molecule has 0 bridgehead atoms. The second-order valence-electron chi connectivity index (χ2n) is 5.74. The SMILES string of the molecule is Cc1ccc(C(C)C)cc1OCCC(O)c1ccccc1. The first-order valence-electron chi connectivity index (χ1n) is 7.54. The van der Waals surface area contributed by atoms with Crippen LogP contribution in [0.25, 0.3) is 0 Å². The lowest BCUT2D eigenvalue weighted by atomic mass is 10.0. The molecular weight excluding hydrogens is 260 g/mol. The van der Waals surface area contributed by atoms with Gasteiger partial charge in [-0.1, -0.05) is 56.3 Å². The number of hydrogen-bond acceptors (Lipinski definition) is 2. The minimum absolute atomic E-state index is 0.472. The van der Waals surface area contributed by atoms with Crippen LogP contribution in [0.4, 0.5) is 0 Å². The van der Waals surface area contributed by atoms with E-state index in [-0.39, 0.29) is 0 Å². The van der Waals surface area contributed by atoms with Gasteiger partial charge < -0.3 is 9.84 Å². The summed E-state index contributed by atoms with van der Waals surface area (Å²) in [6, 6.07) is 16.1. The molecule has 0 aliphatic rings. The van der Waals surface area contributed by atoms with Gasteiger partial charge in [0.1, 0.15) is 5.75 Å². The summed E-state index contributed by atoms with van der Waals surface area (Å²) in [5, 5.41) is 10.1. The van der Waals surface area contributed by atoms with E-state index in [0.29, 0.717) is 18.9 Å². The van der Waals surface area contributed by atoms with E-state index in [9.17, 15) is 5.11 Å². The van der Waals surface area contributed by atoms with Gasteiger partial charge in [0.25, 0.3) is 0 Å². The van der Waals surface area contributed by atoms with Crippen molar-refractivity contribution in [3.63, 3.8) is 0 Å². The Balaban J connectivity index is 1.93. The number of aryl methyl sites for hydroxylation is 1. The van der Waals surface area contributed by atoms with Crippen LogP contribution >= 0.6 is 0 Å². The Morgan fingerprint density at radius 1 is 1.00 bits per heavy atom. The highest BCUT2D eigenvalue weighted by molar-refractivity contribution is 5.37. The first kappa shape index (κ1) is 15.6. The summed E-state index contributed by atoms with van der Waals surface area (Å²) < 4.78 is 5.86. The second kappa shape index (κ2) is 7.28. The van der Waals surface area contributed by atoms with Crippen molar-refractivity contribution >= 4 is 0 Å². The Kier molecular flexibility index (Phi) is 5.40. The molecular formula is C19H24O2. The maximum Gasteiger partial charge on any atom is 0.122 e. The number of hydrogen-bond donors (Lipinski definition) is 1. The minimum atomic E-state index is -0.472. The number of benzene rings is 2. The van der Waals surface area contributed by atoms with E-state index in [4.69, 9.17) is 4.74 Å². The molecule has 2 nitrogen and oxygen atoms in total. The van der Waals surface area contributed by atoms with Crippen LogP contribution in [0.1, 0.15) is 49.0 Å². The highest BCUT2D eigenvalue weighted by atomic mass is 16.5. The van der Waals surface area contributed by atoms with E-state index < -0.39 is 6.10 Å². The number of rotatable bonds is 6. The largest absolute Gasteiger partial charge is 0.493 e. The summed E-state index contributed by atoms with van der Waals surface area (Å²) in [5.74, 6) is 1.41. The van der Waals surface area contributed by atoms with Gasteiger partial charge in [0.05, 0.1) is 12.7 Å². The summed E-state index contributed by atoms with van der Waals surface area (Å²) in [5.41, 5.74) is 3.35. The molecule has 1 N–H and O–H groups in total. The zero-order valence-corrected chi connectivity index (χ0v) is 13.0. The van der Waals surface area contributed by atoms with Crippen molar-refractivity contribution in [1.29, 1.82) is 0 Å². The van der Waals surface area contributed by atoms with E-state index in [2.05, 4.69) is 32.0 Å². The standard InChI is InChI=1S/C19H24O2/c1-14(2)17-10-9-15(3)19(13-17)21-12-11-18(20)16-7-5-4-6-8-16/h4-10,13-14,18,20H,11-12H2,1-3H3. The monoisotopic (exact) mass is 284 g/mol. The van der Waals surface area contributed by atoms with Crippen molar-refractivity contribution in [2.45, 2.75) is 39.2 Å². The molecule has 0 amide bonds. The number of aliphatic hydroxyl groups excluding tert-OH is 1. The molecule has 0 saturated carbocycles. The highest BCUT2D eigenvalue weighted by Crippen LogP contribution is 2.25. The maximum absolute atomic E-state index is 10.1. The van der Waals surface area contributed by atoms with Crippen molar-refractivity contribution in [3.8, 4) is 5.75 Å². The van der Waals surface area contributed by atoms with Crippen LogP contribution in [0, 0.1) is 6.92 Å². The molecule has 2 aromatic carbocycles. The molecule has 1 atom stereocenters. The van der Waals surface area contributed by atoms with Gasteiger partial charge in [0.15, 0.2) is 0 Å². The van der Waals surface area contributed by atoms with Crippen molar-refractivity contribution in [3.05, 3.63) is 65.2 Å². The average molecular weight is 284 g/mol. The van der Waals surface area contributed by atoms with Crippen LogP contribution in [0.5, 0.6) is 5.75 Å². The lowest BCUT2D eigenvalue weighted by Crippen LogP contribution is -2.06. The van der Waals surface area contributed by atoms with Crippen LogP contribution in [0.15, 0.2) is 48.5 Å². The predicted molar refractivity (Wildman–Crippen MR) is 86.8 cm³/mol. The Labute approximate surface area is 127 Å². The molecule has 0 aliphatic heterocycles. The van der Waals surface area contributed by atoms with Crippen molar-refractivity contribution < 1.29 is 9.84 Å². The molecule has 0 aromatic heterocycles. The highest BCUT2D eigenvalue weighted by Gasteiger charge is 2.09.